The number of hydrogen-bond donors (Lipinski definition) is 2. The average molecular weight is 362 g/mol. The Hall–Kier alpha value is -0.130. The Labute approximate surface area is 134 Å². The number of piperidine rings is 1. The highest BCUT2D eigenvalue weighted by Gasteiger charge is 2.22. The quantitative estimate of drug-likeness (QED) is 0.845. The fourth-order valence-corrected chi connectivity index (χ4v) is 3.64. The van der Waals surface area contributed by atoms with Crippen LogP contribution < -0.4 is 5.73 Å². The van der Waals surface area contributed by atoms with Crippen LogP contribution in [0.1, 0.15) is 37.3 Å². The molecule has 0 aromatic heterocycles. The molecule has 1 heterocycles. The number of rotatable bonds is 5. The van der Waals surface area contributed by atoms with E-state index < -0.39 is 0 Å². The lowest BCUT2D eigenvalue weighted by molar-refractivity contribution is 0.0876. The molecule has 1 fully saturated rings. The molecule has 2 unspecified atom stereocenters. The summed E-state index contributed by atoms with van der Waals surface area (Å²) in [4.78, 5) is 2.36. The zero-order chi connectivity index (χ0) is 14.5. The molecule has 20 heavy (non-hydrogen) atoms. The molecule has 1 aromatic carbocycles. The number of aliphatic hydroxyl groups is 1. The third-order valence-corrected chi connectivity index (χ3v) is 4.87. The van der Waals surface area contributed by atoms with E-state index in [9.17, 15) is 5.11 Å². The van der Waals surface area contributed by atoms with Gasteiger partial charge in [0, 0.05) is 28.1 Å². The lowest BCUT2D eigenvalue weighted by Crippen LogP contribution is -2.42. The molecular formula is C15H22BrClN2O. The zero-order valence-electron chi connectivity index (χ0n) is 11.6. The van der Waals surface area contributed by atoms with Crippen molar-refractivity contribution in [3.8, 4) is 0 Å². The van der Waals surface area contributed by atoms with E-state index in [1.807, 2.05) is 18.2 Å². The van der Waals surface area contributed by atoms with Gasteiger partial charge in [0.2, 0.25) is 0 Å². The molecule has 0 aliphatic carbocycles. The molecule has 112 valence electrons. The molecule has 0 spiro atoms. The molecule has 1 aliphatic heterocycles. The molecule has 1 saturated heterocycles. The van der Waals surface area contributed by atoms with Crippen molar-refractivity contribution in [2.45, 2.75) is 37.8 Å². The number of likely N-dealkylation sites (tertiary alicyclic amines) is 1. The van der Waals surface area contributed by atoms with E-state index in [-0.39, 0.29) is 12.6 Å². The van der Waals surface area contributed by atoms with E-state index in [4.69, 9.17) is 17.3 Å². The summed E-state index contributed by atoms with van der Waals surface area (Å²) in [7, 11) is 0. The average Bonchev–Trinajstić information content (AvgIpc) is 2.45. The number of aliphatic hydroxyl groups excluding tert-OH is 1. The van der Waals surface area contributed by atoms with Gasteiger partial charge in [0.1, 0.15) is 0 Å². The van der Waals surface area contributed by atoms with Gasteiger partial charge >= 0.3 is 0 Å². The summed E-state index contributed by atoms with van der Waals surface area (Å²) in [5.41, 5.74) is 7.25. The molecule has 0 radical (unpaired) electrons. The summed E-state index contributed by atoms with van der Waals surface area (Å²) >= 11 is 9.64. The van der Waals surface area contributed by atoms with Crippen molar-refractivity contribution < 1.29 is 5.11 Å². The van der Waals surface area contributed by atoms with Crippen molar-refractivity contribution in [3.05, 3.63) is 33.3 Å². The first kappa shape index (κ1) is 16.2. The van der Waals surface area contributed by atoms with Gasteiger partial charge in [0.25, 0.3) is 0 Å². The van der Waals surface area contributed by atoms with Gasteiger partial charge in [-0.2, -0.15) is 0 Å². The van der Waals surface area contributed by atoms with E-state index in [2.05, 4.69) is 20.8 Å². The summed E-state index contributed by atoms with van der Waals surface area (Å²) < 4.78 is 0.967. The molecule has 3 nitrogen and oxygen atoms in total. The van der Waals surface area contributed by atoms with E-state index in [0.717, 1.165) is 36.0 Å². The molecule has 5 heteroatoms. The number of halogens is 2. The standard InChI is InChI=1S/C15H22BrClN2O/c16-11-4-5-13(14(17)9-11)15(18)6-8-19-7-2-1-3-12(19)10-20/h4-5,9,12,15,20H,1-3,6-8,10,18H2. The lowest BCUT2D eigenvalue weighted by Gasteiger charge is -2.35. The van der Waals surface area contributed by atoms with Crippen molar-refractivity contribution in [3.63, 3.8) is 0 Å². The Bertz CT molecular complexity index is 444. The first-order chi connectivity index (χ1) is 9.61. The Balaban J connectivity index is 1.92. The smallest absolute Gasteiger partial charge is 0.0586 e. The van der Waals surface area contributed by atoms with Gasteiger partial charge < -0.3 is 10.8 Å². The molecule has 0 amide bonds. The largest absolute Gasteiger partial charge is 0.395 e. The van der Waals surface area contributed by atoms with Crippen molar-refractivity contribution in [2.24, 2.45) is 5.73 Å². The molecule has 0 saturated carbocycles. The normalized spacial score (nSPS) is 21.9. The van der Waals surface area contributed by atoms with Gasteiger partial charge in [-0.15, -0.1) is 0 Å². The van der Waals surface area contributed by atoms with Crippen molar-refractivity contribution in [1.82, 2.24) is 4.90 Å². The monoisotopic (exact) mass is 360 g/mol. The van der Waals surface area contributed by atoms with Gasteiger partial charge in [0.15, 0.2) is 0 Å². The Kier molecular flexibility index (Phi) is 6.30. The second-order valence-corrected chi connectivity index (χ2v) is 6.75. The third kappa shape index (κ3) is 4.18. The summed E-state index contributed by atoms with van der Waals surface area (Å²) in [6.07, 6.45) is 4.37. The van der Waals surface area contributed by atoms with Crippen molar-refractivity contribution >= 4 is 27.5 Å². The van der Waals surface area contributed by atoms with Crippen LogP contribution >= 0.6 is 27.5 Å². The highest BCUT2D eigenvalue weighted by Crippen LogP contribution is 2.27. The van der Waals surface area contributed by atoms with Gasteiger partial charge in [-0.25, -0.2) is 0 Å². The Morgan fingerprint density at radius 2 is 2.25 bits per heavy atom. The minimum absolute atomic E-state index is 0.0585. The third-order valence-electron chi connectivity index (χ3n) is 4.05. The molecule has 2 rings (SSSR count). The van der Waals surface area contributed by atoms with Crippen LogP contribution in [0, 0.1) is 0 Å². The number of hydrogen-bond acceptors (Lipinski definition) is 3. The Morgan fingerprint density at radius 1 is 1.45 bits per heavy atom. The topological polar surface area (TPSA) is 49.5 Å². The summed E-state index contributed by atoms with van der Waals surface area (Å²) in [5, 5.41) is 10.1. The second-order valence-electron chi connectivity index (χ2n) is 5.43. The number of nitrogens with zero attached hydrogens (tertiary/aromatic N) is 1. The summed E-state index contributed by atoms with van der Waals surface area (Å²) in [6, 6.07) is 6.08. The molecular weight excluding hydrogens is 340 g/mol. The van der Waals surface area contributed by atoms with Crippen LogP contribution in [0.25, 0.3) is 0 Å². The highest BCUT2D eigenvalue weighted by atomic mass is 79.9. The predicted molar refractivity (Wildman–Crippen MR) is 87.0 cm³/mol. The summed E-state index contributed by atoms with van der Waals surface area (Å²) in [5.74, 6) is 0. The van der Waals surface area contributed by atoms with Crippen molar-refractivity contribution in [1.29, 1.82) is 0 Å². The summed E-state index contributed by atoms with van der Waals surface area (Å²) in [6.45, 7) is 2.22. The fourth-order valence-electron chi connectivity index (χ4n) is 2.82. The molecule has 1 aromatic rings. The minimum Gasteiger partial charge on any atom is -0.395 e. The van der Waals surface area contributed by atoms with Crippen molar-refractivity contribution in [2.75, 3.05) is 19.7 Å². The van der Waals surface area contributed by atoms with Crippen LogP contribution in [0.5, 0.6) is 0 Å². The van der Waals surface area contributed by atoms with Crippen LogP contribution in [0.15, 0.2) is 22.7 Å². The maximum absolute atomic E-state index is 9.42. The van der Waals surface area contributed by atoms with Crippen LogP contribution in [0.3, 0.4) is 0 Å². The van der Waals surface area contributed by atoms with Gasteiger partial charge in [-0.3, -0.25) is 4.90 Å². The zero-order valence-corrected chi connectivity index (χ0v) is 13.9. The second kappa shape index (κ2) is 7.76. The maximum atomic E-state index is 9.42. The number of nitrogens with two attached hydrogens (primary N) is 1. The first-order valence-electron chi connectivity index (χ1n) is 7.17. The number of benzene rings is 1. The molecule has 2 atom stereocenters. The van der Waals surface area contributed by atoms with E-state index in [0.29, 0.717) is 11.1 Å². The van der Waals surface area contributed by atoms with E-state index in [1.54, 1.807) is 0 Å². The van der Waals surface area contributed by atoms with E-state index in [1.165, 1.54) is 12.8 Å². The van der Waals surface area contributed by atoms with Gasteiger partial charge in [0.05, 0.1) is 6.61 Å². The minimum atomic E-state index is -0.0585. The Morgan fingerprint density at radius 3 is 2.95 bits per heavy atom. The highest BCUT2D eigenvalue weighted by molar-refractivity contribution is 9.10. The van der Waals surface area contributed by atoms with Crippen LogP contribution in [0.4, 0.5) is 0 Å². The van der Waals surface area contributed by atoms with Crippen LogP contribution in [-0.2, 0) is 0 Å². The fraction of sp³-hybridized carbons (Fsp3) is 0.600. The van der Waals surface area contributed by atoms with Gasteiger partial charge in [-0.1, -0.05) is 40.0 Å². The predicted octanol–water partition coefficient (Wildman–Crippen LogP) is 3.34. The first-order valence-corrected chi connectivity index (χ1v) is 8.34. The van der Waals surface area contributed by atoms with Crippen LogP contribution in [0.2, 0.25) is 5.02 Å². The SMILES string of the molecule is NC(CCN1CCCCC1CO)c1ccc(Br)cc1Cl. The lowest BCUT2D eigenvalue weighted by atomic mass is 10.00. The van der Waals surface area contributed by atoms with E-state index >= 15 is 0 Å². The molecule has 3 N–H and O–H groups in total. The molecule has 0 bridgehead atoms. The van der Waals surface area contributed by atoms with Gasteiger partial charge in [-0.05, 0) is 43.5 Å². The van der Waals surface area contributed by atoms with Crippen LogP contribution in [-0.4, -0.2) is 35.7 Å². The molecule has 1 aliphatic rings. The maximum Gasteiger partial charge on any atom is 0.0586 e.